The third-order valence-electron chi connectivity index (χ3n) is 9.06. The van der Waals surface area contributed by atoms with E-state index in [9.17, 15) is 9.59 Å². The van der Waals surface area contributed by atoms with E-state index in [0.29, 0.717) is 40.2 Å². The Morgan fingerprint density at radius 1 is 0.837 bits per heavy atom. The summed E-state index contributed by atoms with van der Waals surface area (Å²) < 4.78 is 3.19. The van der Waals surface area contributed by atoms with Gasteiger partial charge in [-0.1, -0.05) is 49.9 Å². The van der Waals surface area contributed by atoms with E-state index in [4.69, 9.17) is 5.73 Å². The zero-order chi connectivity index (χ0) is 33.4. The average molecular weight is 729 g/mol. The van der Waals surface area contributed by atoms with Crippen LogP contribution in [0.15, 0.2) is 90.3 Å². The fourth-order valence-corrected chi connectivity index (χ4v) is 6.19. The number of aromatic nitrogens is 1. The van der Waals surface area contributed by atoms with Crippen molar-refractivity contribution in [1.29, 1.82) is 0 Å². The summed E-state index contributed by atoms with van der Waals surface area (Å²) in [7, 11) is 6.52. The van der Waals surface area contributed by atoms with Crippen molar-refractivity contribution in [3.63, 3.8) is 0 Å². The number of pyridine rings is 1. The SMILES string of the molecule is C.Cc1cc(NCCC[N+](C)(C)CCCCCC[n+]2ccc(/C=N/N(C)c3ccccc3)cc2)c2c(c1N)C(=O)c1ccccc1C2=O.[Br-]. The van der Waals surface area contributed by atoms with Crippen molar-refractivity contribution in [2.75, 3.05) is 56.8 Å². The molecule has 0 saturated heterocycles. The first-order valence-corrected chi connectivity index (χ1v) is 16.6. The van der Waals surface area contributed by atoms with Crippen LogP contribution in [0.25, 0.3) is 0 Å². The maximum Gasteiger partial charge on any atom is 0.196 e. The van der Waals surface area contributed by atoms with Gasteiger partial charge in [0.1, 0.15) is 6.54 Å². The maximum atomic E-state index is 13.4. The normalized spacial score (nSPS) is 12.2. The van der Waals surface area contributed by atoms with Gasteiger partial charge in [0.25, 0.3) is 0 Å². The second-order valence-corrected chi connectivity index (χ2v) is 13.2. The van der Waals surface area contributed by atoms with E-state index in [2.05, 4.69) is 53.6 Å². The molecule has 1 aliphatic rings. The quantitative estimate of drug-likeness (QED) is 0.0427. The molecular weight excluding hydrogens is 676 g/mol. The summed E-state index contributed by atoms with van der Waals surface area (Å²) in [6.07, 6.45) is 11.9. The molecule has 1 aliphatic carbocycles. The molecule has 0 amide bonds. The van der Waals surface area contributed by atoms with Crippen molar-refractivity contribution in [1.82, 2.24) is 0 Å². The van der Waals surface area contributed by atoms with E-state index in [-0.39, 0.29) is 36.0 Å². The van der Waals surface area contributed by atoms with Gasteiger partial charge in [-0.2, -0.15) is 5.10 Å². The van der Waals surface area contributed by atoms with Crippen LogP contribution < -0.4 is 37.6 Å². The van der Waals surface area contributed by atoms with Crippen LogP contribution in [0.3, 0.4) is 0 Å². The number of rotatable bonds is 15. The molecule has 0 atom stereocenters. The number of nitrogen functional groups attached to an aromatic ring is 1. The molecule has 0 aliphatic heterocycles. The number of ketones is 2. The Morgan fingerprint density at radius 2 is 1.43 bits per heavy atom. The van der Waals surface area contributed by atoms with E-state index >= 15 is 0 Å². The van der Waals surface area contributed by atoms with Crippen molar-refractivity contribution in [2.45, 2.75) is 53.0 Å². The number of nitrogens with two attached hydrogens (primary N) is 1. The molecule has 0 spiro atoms. The number of hydrazone groups is 1. The molecule has 49 heavy (non-hydrogen) atoms. The van der Waals surface area contributed by atoms with Crippen LogP contribution >= 0.6 is 0 Å². The minimum atomic E-state index is -0.179. The van der Waals surface area contributed by atoms with Crippen LogP contribution in [-0.4, -0.2) is 63.0 Å². The van der Waals surface area contributed by atoms with Crippen LogP contribution in [0, 0.1) is 6.92 Å². The van der Waals surface area contributed by atoms with Gasteiger partial charge in [-0.05, 0) is 49.9 Å². The molecule has 9 heteroatoms. The highest BCUT2D eigenvalue weighted by Crippen LogP contribution is 2.37. The Hall–Kier alpha value is -4.34. The van der Waals surface area contributed by atoms with Gasteiger partial charge in [-0.25, -0.2) is 4.57 Å². The van der Waals surface area contributed by atoms with Gasteiger partial charge in [0.05, 0.1) is 50.2 Å². The number of aryl methyl sites for hydroxylation is 2. The lowest BCUT2D eigenvalue weighted by atomic mass is 9.81. The van der Waals surface area contributed by atoms with Gasteiger partial charge in [0.15, 0.2) is 24.0 Å². The molecule has 0 fully saturated rings. The number of hydrogen-bond acceptors (Lipinski definition) is 6. The monoisotopic (exact) mass is 727 g/mol. The van der Waals surface area contributed by atoms with Gasteiger partial charge in [0.2, 0.25) is 0 Å². The second kappa shape index (κ2) is 17.9. The maximum absolute atomic E-state index is 13.4. The molecule has 1 aromatic heterocycles. The first kappa shape index (κ1) is 39.1. The number of fused-ring (bicyclic) bond motifs is 2. The van der Waals surface area contributed by atoms with Crippen LogP contribution in [0.2, 0.25) is 0 Å². The third kappa shape index (κ3) is 9.86. The Labute approximate surface area is 303 Å². The Kier molecular flexibility index (Phi) is 14.3. The number of quaternary nitrogens is 1. The van der Waals surface area contributed by atoms with E-state index in [1.807, 2.05) is 61.6 Å². The van der Waals surface area contributed by atoms with Crippen molar-refractivity contribution >= 4 is 34.8 Å². The minimum absolute atomic E-state index is 0. The van der Waals surface area contributed by atoms with Gasteiger partial charge >= 0.3 is 0 Å². The summed E-state index contributed by atoms with van der Waals surface area (Å²) in [4.78, 5) is 26.7. The number of nitrogens with zero attached hydrogens (tertiary/aromatic N) is 4. The lowest BCUT2D eigenvalue weighted by Gasteiger charge is -2.30. The Morgan fingerprint density at radius 3 is 2.10 bits per heavy atom. The highest BCUT2D eigenvalue weighted by molar-refractivity contribution is 6.32. The molecule has 0 saturated carbocycles. The Balaban J connectivity index is 0.00000325. The fourth-order valence-electron chi connectivity index (χ4n) is 6.19. The summed E-state index contributed by atoms with van der Waals surface area (Å²) in [6.45, 7) is 5.76. The number of carbonyl (C=O) groups excluding carboxylic acids is 2. The predicted molar refractivity (Wildman–Crippen MR) is 198 cm³/mol. The molecule has 260 valence electrons. The van der Waals surface area contributed by atoms with Crippen molar-refractivity contribution in [2.24, 2.45) is 5.10 Å². The van der Waals surface area contributed by atoms with E-state index in [0.717, 1.165) is 53.8 Å². The van der Waals surface area contributed by atoms with Crippen LogP contribution in [0.5, 0.6) is 0 Å². The van der Waals surface area contributed by atoms with Gasteiger partial charge in [0, 0.05) is 66.6 Å². The number of carbonyl (C=O) groups is 2. The van der Waals surface area contributed by atoms with Crippen LogP contribution in [0.1, 0.15) is 82.5 Å². The summed E-state index contributed by atoms with van der Waals surface area (Å²) in [5.74, 6) is -0.324. The number of hydrogen-bond donors (Lipinski definition) is 2. The molecule has 5 rings (SSSR count). The number of para-hydroxylation sites is 1. The molecule has 4 aromatic rings. The lowest BCUT2D eigenvalue weighted by Crippen LogP contribution is -3.00. The van der Waals surface area contributed by atoms with Gasteiger partial charge < -0.3 is 32.5 Å². The fraction of sp³-hybridized carbons (Fsp3) is 0.350. The largest absolute Gasteiger partial charge is 1.00 e. The highest BCUT2D eigenvalue weighted by Gasteiger charge is 2.34. The standard InChI is InChI=1S/C39H47N6O2.CH4.BrH/c1-29-27-34(35-36(37(29)40)39(47)33-18-11-10-17-32(33)38(35)46)41-21-14-26-45(3,4)25-13-6-5-12-22-44-23-19-30(20-24-44)28-42-43(2)31-15-8-7-9-16-31;;/h7-11,15-20,23-24,27-28,40,42H,5-6,12-14,21-22,25-26H2,1-4H3;1H4;1H/q+1;;. The molecule has 8 nitrogen and oxygen atoms in total. The first-order chi connectivity index (χ1) is 22.6. The zero-order valence-corrected chi connectivity index (χ0v) is 30.2. The van der Waals surface area contributed by atoms with Gasteiger partial charge in [-0.3, -0.25) is 14.6 Å². The number of halogens is 1. The summed E-state index contributed by atoms with van der Waals surface area (Å²) in [5, 5.41) is 9.89. The molecule has 0 unspecified atom stereocenters. The van der Waals surface area contributed by atoms with Crippen LogP contribution in [-0.2, 0) is 6.54 Å². The van der Waals surface area contributed by atoms with Crippen molar-refractivity contribution in [3.05, 3.63) is 119 Å². The second-order valence-electron chi connectivity index (χ2n) is 13.2. The van der Waals surface area contributed by atoms with Crippen molar-refractivity contribution < 1.29 is 35.6 Å². The summed E-state index contributed by atoms with van der Waals surface area (Å²) in [6, 6.07) is 23.2. The smallest absolute Gasteiger partial charge is 0.196 e. The minimum Gasteiger partial charge on any atom is -1.00 e. The van der Waals surface area contributed by atoms with Gasteiger partial charge in [-0.15, -0.1) is 0 Å². The first-order valence-electron chi connectivity index (χ1n) is 16.6. The zero-order valence-electron chi connectivity index (χ0n) is 28.6. The lowest BCUT2D eigenvalue weighted by molar-refractivity contribution is -0.890. The number of nitrogens with one attached hydrogen (secondary N) is 1. The van der Waals surface area contributed by atoms with E-state index in [1.165, 1.54) is 19.3 Å². The molecule has 3 aromatic carbocycles. The molecular formula is C40H52BrN6O2+. The summed E-state index contributed by atoms with van der Waals surface area (Å²) in [5.41, 5.74) is 12.0. The summed E-state index contributed by atoms with van der Waals surface area (Å²) >= 11 is 0. The Bertz CT molecular complexity index is 1740. The number of unbranched alkanes of at least 4 members (excludes halogenated alkanes) is 3. The third-order valence-corrected chi connectivity index (χ3v) is 9.06. The molecule has 3 N–H and O–H groups in total. The number of benzene rings is 3. The highest BCUT2D eigenvalue weighted by atomic mass is 79.9. The average Bonchev–Trinajstić information content (AvgIpc) is 3.08. The molecule has 0 bridgehead atoms. The van der Waals surface area contributed by atoms with Crippen LogP contribution in [0.4, 0.5) is 17.1 Å². The molecule has 0 radical (unpaired) electrons. The van der Waals surface area contributed by atoms with Crippen molar-refractivity contribution in [3.8, 4) is 0 Å². The van der Waals surface area contributed by atoms with E-state index < -0.39 is 0 Å². The molecule has 1 heterocycles. The number of anilines is 3. The topological polar surface area (TPSA) is 91.7 Å². The predicted octanol–water partition coefficient (Wildman–Crippen LogP) is 3.89. The van der Waals surface area contributed by atoms with E-state index in [1.54, 1.807) is 24.3 Å².